The fraction of sp³-hybridized carbons (Fsp3) is 0.688. The Balaban J connectivity index is 1.70. The molecule has 2 N–H and O–H groups in total. The number of hydrogen-bond donors (Lipinski definition) is 2. The minimum Gasteiger partial charge on any atom is -0.444 e. The van der Waals surface area contributed by atoms with Crippen molar-refractivity contribution in [1.82, 2.24) is 10.6 Å². The van der Waals surface area contributed by atoms with Gasteiger partial charge in [-0.2, -0.15) is 0 Å². The van der Waals surface area contributed by atoms with Crippen molar-refractivity contribution in [3.63, 3.8) is 0 Å². The predicted octanol–water partition coefficient (Wildman–Crippen LogP) is 3.84. The number of carbonyl (C=O) groups is 1. The molecule has 1 amide bonds. The first kappa shape index (κ1) is 16.3. The summed E-state index contributed by atoms with van der Waals surface area (Å²) in [6, 6.07) is 5.42. The van der Waals surface area contributed by atoms with Crippen molar-refractivity contribution in [3.05, 3.63) is 22.4 Å². The number of amides is 1. The summed E-state index contributed by atoms with van der Waals surface area (Å²) in [5.74, 6) is 0. The second-order valence-corrected chi connectivity index (χ2v) is 7.63. The lowest BCUT2D eigenvalue weighted by Gasteiger charge is -2.38. The van der Waals surface area contributed by atoms with E-state index in [1.54, 1.807) is 11.3 Å². The highest BCUT2D eigenvalue weighted by Gasteiger charge is 2.32. The summed E-state index contributed by atoms with van der Waals surface area (Å²) in [4.78, 5) is 13.1. The third-order valence-corrected chi connectivity index (χ3v) is 4.58. The summed E-state index contributed by atoms with van der Waals surface area (Å²) < 4.78 is 5.27. The molecule has 0 aliphatic heterocycles. The predicted molar refractivity (Wildman–Crippen MR) is 86.7 cm³/mol. The summed E-state index contributed by atoms with van der Waals surface area (Å²) in [5, 5.41) is 8.72. The molecule has 1 aliphatic rings. The molecule has 0 saturated heterocycles. The minimum absolute atomic E-state index is 0.234. The van der Waals surface area contributed by atoms with Crippen molar-refractivity contribution in [3.8, 4) is 0 Å². The number of thiophene rings is 1. The van der Waals surface area contributed by atoms with Gasteiger partial charge in [0.15, 0.2) is 0 Å². The van der Waals surface area contributed by atoms with Crippen LogP contribution in [0.5, 0.6) is 0 Å². The molecule has 0 radical (unpaired) electrons. The molecule has 1 unspecified atom stereocenters. The van der Waals surface area contributed by atoms with Crippen molar-refractivity contribution in [2.24, 2.45) is 0 Å². The third kappa shape index (κ3) is 5.00. The van der Waals surface area contributed by atoms with E-state index in [1.807, 2.05) is 20.8 Å². The molecule has 2 rings (SSSR count). The van der Waals surface area contributed by atoms with E-state index in [1.165, 1.54) is 4.88 Å². The van der Waals surface area contributed by atoms with Crippen LogP contribution in [0.25, 0.3) is 0 Å². The van der Waals surface area contributed by atoms with Gasteiger partial charge in [-0.15, -0.1) is 11.3 Å². The molecule has 1 heterocycles. The molecule has 1 aromatic rings. The quantitative estimate of drug-likeness (QED) is 0.868. The smallest absolute Gasteiger partial charge is 0.407 e. The Morgan fingerprint density at radius 1 is 1.43 bits per heavy atom. The van der Waals surface area contributed by atoms with Gasteiger partial charge in [0.2, 0.25) is 0 Å². The monoisotopic (exact) mass is 310 g/mol. The van der Waals surface area contributed by atoms with Crippen LogP contribution in [-0.4, -0.2) is 23.8 Å². The van der Waals surface area contributed by atoms with Gasteiger partial charge in [0.25, 0.3) is 0 Å². The van der Waals surface area contributed by atoms with Gasteiger partial charge in [0.1, 0.15) is 5.60 Å². The SMILES string of the molecule is CCC(NC1CC(NC(=O)OC(C)(C)C)C1)c1cccs1. The third-order valence-electron chi connectivity index (χ3n) is 3.59. The van der Waals surface area contributed by atoms with Crippen molar-refractivity contribution in [1.29, 1.82) is 0 Å². The molecule has 1 saturated carbocycles. The van der Waals surface area contributed by atoms with Crippen LogP contribution in [0.3, 0.4) is 0 Å². The Hall–Kier alpha value is -1.07. The summed E-state index contributed by atoms with van der Waals surface area (Å²) in [6.07, 6.45) is 2.72. The van der Waals surface area contributed by atoms with Gasteiger partial charge in [-0.3, -0.25) is 0 Å². The zero-order chi connectivity index (χ0) is 15.5. The fourth-order valence-corrected chi connectivity index (χ4v) is 3.39. The van der Waals surface area contributed by atoms with Gasteiger partial charge >= 0.3 is 6.09 Å². The standard InChI is InChI=1S/C16H26N2O2S/c1-5-13(14-7-6-8-21-14)17-11-9-12(10-11)18-15(19)20-16(2,3)4/h6-8,11-13,17H,5,9-10H2,1-4H3,(H,18,19). The first-order valence-corrected chi connectivity index (χ1v) is 8.54. The largest absolute Gasteiger partial charge is 0.444 e. The van der Waals surface area contributed by atoms with E-state index >= 15 is 0 Å². The Kier molecular flexibility index (Phi) is 5.27. The molecule has 118 valence electrons. The highest BCUT2D eigenvalue weighted by molar-refractivity contribution is 7.10. The normalized spacial score (nSPS) is 23.2. The fourth-order valence-electron chi connectivity index (χ4n) is 2.52. The second-order valence-electron chi connectivity index (χ2n) is 6.65. The zero-order valence-electron chi connectivity index (χ0n) is 13.3. The van der Waals surface area contributed by atoms with Crippen molar-refractivity contribution < 1.29 is 9.53 Å². The summed E-state index contributed by atoms with van der Waals surface area (Å²) in [7, 11) is 0. The Morgan fingerprint density at radius 3 is 2.67 bits per heavy atom. The maximum absolute atomic E-state index is 11.7. The van der Waals surface area contributed by atoms with E-state index < -0.39 is 5.60 Å². The Labute approximate surface area is 131 Å². The van der Waals surface area contributed by atoms with Crippen LogP contribution >= 0.6 is 11.3 Å². The average Bonchev–Trinajstić information content (AvgIpc) is 2.83. The van der Waals surface area contributed by atoms with Crippen LogP contribution in [0, 0.1) is 0 Å². The van der Waals surface area contributed by atoms with E-state index in [2.05, 4.69) is 35.1 Å². The minimum atomic E-state index is -0.433. The molecule has 4 nitrogen and oxygen atoms in total. The highest BCUT2D eigenvalue weighted by atomic mass is 32.1. The molecule has 5 heteroatoms. The number of hydrogen-bond acceptors (Lipinski definition) is 4. The summed E-state index contributed by atoms with van der Waals surface area (Å²) >= 11 is 1.80. The van der Waals surface area contributed by atoms with Gasteiger partial charge in [0, 0.05) is 23.0 Å². The van der Waals surface area contributed by atoms with Gasteiger partial charge in [-0.1, -0.05) is 13.0 Å². The number of alkyl carbamates (subject to hydrolysis) is 1. The molecule has 1 fully saturated rings. The van der Waals surface area contributed by atoms with Crippen LogP contribution in [-0.2, 0) is 4.74 Å². The van der Waals surface area contributed by atoms with Gasteiger partial charge in [-0.05, 0) is 51.5 Å². The first-order chi connectivity index (χ1) is 9.87. The molecular weight excluding hydrogens is 284 g/mol. The van der Waals surface area contributed by atoms with Crippen molar-refractivity contribution in [2.45, 2.75) is 70.7 Å². The van der Waals surface area contributed by atoms with E-state index in [0.29, 0.717) is 12.1 Å². The van der Waals surface area contributed by atoms with E-state index in [9.17, 15) is 4.79 Å². The molecule has 1 aliphatic carbocycles. The summed E-state index contributed by atoms with van der Waals surface area (Å²) in [6.45, 7) is 7.84. The maximum Gasteiger partial charge on any atom is 0.407 e. The van der Waals surface area contributed by atoms with Crippen molar-refractivity contribution in [2.75, 3.05) is 0 Å². The Bertz CT molecular complexity index is 447. The van der Waals surface area contributed by atoms with Gasteiger partial charge in [0.05, 0.1) is 0 Å². The van der Waals surface area contributed by atoms with Crippen LogP contribution in [0.15, 0.2) is 17.5 Å². The van der Waals surface area contributed by atoms with E-state index in [4.69, 9.17) is 4.74 Å². The molecule has 0 spiro atoms. The first-order valence-electron chi connectivity index (χ1n) is 7.66. The van der Waals surface area contributed by atoms with Crippen LogP contribution in [0.4, 0.5) is 4.79 Å². The van der Waals surface area contributed by atoms with Crippen molar-refractivity contribution >= 4 is 17.4 Å². The number of carbonyl (C=O) groups excluding carboxylic acids is 1. The van der Waals surface area contributed by atoms with Gasteiger partial charge in [-0.25, -0.2) is 4.79 Å². The molecule has 0 aromatic carbocycles. The van der Waals surface area contributed by atoms with Gasteiger partial charge < -0.3 is 15.4 Å². The summed E-state index contributed by atoms with van der Waals surface area (Å²) in [5.41, 5.74) is -0.433. The lowest BCUT2D eigenvalue weighted by molar-refractivity contribution is 0.0462. The van der Waals surface area contributed by atoms with Crippen LogP contribution in [0.2, 0.25) is 0 Å². The van der Waals surface area contributed by atoms with Crippen LogP contribution < -0.4 is 10.6 Å². The number of nitrogens with one attached hydrogen (secondary N) is 2. The Morgan fingerprint density at radius 2 is 2.14 bits per heavy atom. The highest BCUT2D eigenvalue weighted by Crippen LogP contribution is 2.27. The van der Waals surface area contributed by atoms with E-state index in [0.717, 1.165) is 19.3 Å². The molecule has 1 atom stereocenters. The zero-order valence-corrected chi connectivity index (χ0v) is 14.1. The second kappa shape index (κ2) is 6.79. The van der Waals surface area contributed by atoms with Crippen LogP contribution in [0.1, 0.15) is 57.9 Å². The molecule has 0 bridgehead atoms. The lowest BCUT2D eigenvalue weighted by Crippen LogP contribution is -2.53. The number of ether oxygens (including phenoxy) is 1. The number of rotatable bonds is 5. The van der Waals surface area contributed by atoms with E-state index in [-0.39, 0.29) is 12.1 Å². The topological polar surface area (TPSA) is 50.4 Å². The molecular formula is C16H26N2O2S. The lowest BCUT2D eigenvalue weighted by atomic mass is 9.86. The molecule has 1 aromatic heterocycles. The molecule has 21 heavy (non-hydrogen) atoms. The maximum atomic E-state index is 11.7. The average molecular weight is 310 g/mol.